The molecular weight excluding hydrogens is 252 g/mol. The predicted octanol–water partition coefficient (Wildman–Crippen LogP) is 4.03. The van der Waals surface area contributed by atoms with Gasteiger partial charge in [-0.15, -0.1) is 11.3 Å². The molecule has 0 spiro atoms. The largest absolute Gasteiger partial charge is 0.316 e. The normalized spacial score (nSPS) is 23.9. The summed E-state index contributed by atoms with van der Waals surface area (Å²) < 4.78 is 1.34. The van der Waals surface area contributed by atoms with Gasteiger partial charge < -0.3 is 5.32 Å². The maximum Gasteiger partial charge on any atom is 0.101 e. The number of rotatable bonds is 3. The van der Waals surface area contributed by atoms with Gasteiger partial charge in [0.15, 0.2) is 0 Å². The summed E-state index contributed by atoms with van der Waals surface area (Å²) in [5.41, 5.74) is 2.79. The summed E-state index contributed by atoms with van der Waals surface area (Å²) in [6, 6.07) is 6.52. The molecule has 102 valence electrons. The van der Waals surface area contributed by atoms with E-state index in [1.165, 1.54) is 46.5 Å². The SMILES string of the molecule is CCCC1(c2nc3c(C)cccc3s2)CCCNC1. The zero-order valence-corrected chi connectivity index (χ0v) is 12.6. The average molecular weight is 274 g/mol. The highest BCUT2D eigenvalue weighted by Crippen LogP contribution is 2.40. The maximum atomic E-state index is 5.01. The van der Waals surface area contributed by atoms with Gasteiger partial charge in [0, 0.05) is 12.0 Å². The fourth-order valence-corrected chi connectivity index (χ4v) is 4.55. The highest BCUT2D eigenvalue weighted by molar-refractivity contribution is 7.18. The molecule has 3 rings (SSSR count). The van der Waals surface area contributed by atoms with Gasteiger partial charge >= 0.3 is 0 Å². The van der Waals surface area contributed by atoms with E-state index >= 15 is 0 Å². The van der Waals surface area contributed by atoms with Crippen molar-refractivity contribution in [1.82, 2.24) is 10.3 Å². The number of piperidine rings is 1. The number of benzene rings is 1. The Labute approximate surface area is 119 Å². The molecule has 1 atom stereocenters. The Morgan fingerprint density at radius 2 is 2.32 bits per heavy atom. The van der Waals surface area contributed by atoms with Crippen molar-refractivity contribution in [3.05, 3.63) is 28.8 Å². The third kappa shape index (κ3) is 2.30. The van der Waals surface area contributed by atoms with Crippen LogP contribution in [0.4, 0.5) is 0 Å². The first-order valence-electron chi connectivity index (χ1n) is 7.32. The van der Waals surface area contributed by atoms with Gasteiger partial charge in [-0.1, -0.05) is 25.5 Å². The Kier molecular flexibility index (Phi) is 3.59. The number of para-hydroxylation sites is 1. The van der Waals surface area contributed by atoms with Crippen LogP contribution in [0.25, 0.3) is 10.2 Å². The van der Waals surface area contributed by atoms with Crippen molar-refractivity contribution in [2.75, 3.05) is 13.1 Å². The quantitative estimate of drug-likeness (QED) is 0.914. The molecule has 1 saturated heterocycles. The van der Waals surface area contributed by atoms with Crippen LogP contribution < -0.4 is 5.32 Å². The molecule has 0 amide bonds. The van der Waals surface area contributed by atoms with Crippen LogP contribution in [-0.4, -0.2) is 18.1 Å². The van der Waals surface area contributed by atoms with E-state index in [-0.39, 0.29) is 5.41 Å². The minimum absolute atomic E-state index is 0.281. The Morgan fingerprint density at radius 1 is 1.42 bits per heavy atom. The molecule has 1 unspecified atom stereocenters. The van der Waals surface area contributed by atoms with E-state index in [4.69, 9.17) is 4.98 Å². The molecular formula is C16H22N2S. The minimum atomic E-state index is 0.281. The van der Waals surface area contributed by atoms with Crippen LogP contribution >= 0.6 is 11.3 Å². The second kappa shape index (κ2) is 5.22. The van der Waals surface area contributed by atoms with Crippen molar-refractivity contribution in [3.63, 3.8) is 0 Å². The van der Waals surface area contributed by atoms with Crippen molar-refractivity contribution < 1.29 is 0 Å². The lowest BCUT2D eigenvalue weighted by atomic mass is 9.77. The van der Waals surface area contributed by atoms with Crippen molar-refractivity contribution in [2.45, 2.75) is 44.9 Å². The third-order valence-electron chi connectivity index (χ3n) is 4.28. The zero-order chi connectivity index (χ0) is 13.3. The molecule has 2 heterocycles. The Morgan fingerprint density at radius 3 is 3.00 bits per heavy atom. The number of thiazole rings is 1. The molecule has 1 aliphatic rings. The van der Waals surface area contributed by atoms with Crippen molar-refractivity contribution in [1.29, 1.82) is 0 Å². The van der Waals surface area contributed by atoms with Gasteiger partial charge in [0.05, 0.1) is 10.2 Å². The zero-order valence-electron chi connectivity index (χ0n) is 11.8. The Hall–Kier alpha value is -0.930. The predicted molar refractivity (Wildman–Crippen MR) is 83.0 cm³/mol. The first-order valence-corrected chi connectivity index (χ1v) is 8.14. The molecule has 1 aromatic carbocycles. The number of fused-ring (bicyclic) bond motifs is 1. The van der Waals surface area contributed by atoms with Crippen LogP contribution in [0.1, 0.15) is 43.2 Å². The van der Waals surface area contributed by atoms with Crippen LogP contribution in [-0.2, 0) is 5.41 Å². The van der Waals surface area contributed by atoms with E-state index in [1.54, 1.807) is 0 Å². The van der Waals surface area contributed by atoms with Gasteiger partial charge in [0.1, 0.15) is 5.01 Å². The molecule has 1 aromatic heterocycles. The van der Waals surface area contributed by atoms with E-state index < -0.39 is 0 Å². The number of aromatic nitrogens is 1. The van der Waals surface area contributed by atoms with E-state index in [0.717, 1.165) is 13.1 Å². The molecule has 2 nitrogen and oxygen atoms in total. The summed E-state index contributed by atoms with van der Waals surface area (Å²) in [5, 5.41) is 4.94. The van der Waals surface area contributed by atoms with E-state index in [9.17, 15) is 0 Å². The molecule has 1 N–H and O–H groups in total. The standard InChI is InChI=1S/C16H22N2S/c1-3-8-16(9-5-10-17-11-16)15-18-14-12(2)6-4-7-13(14)19-15/h4,6-7,17H,3,5,8-11H2,1-2H3. The molecule has 3 heteroatoms. The van der Waals surface area contributed by atoms with E-state index in [0.29, 0.717) is 0 Å². The maximum absolute atomic E-state index is 5.01. The van der Waals surface area contributed by atoms with Crippen LogP contribution in [0.5, 0.6) is 0 Å². The first kappa shape index (κ1) is 13.1. The fourth-order valence-electron chi connectivity index (χ4n) is 3.26. The molecule has 1 aliphatic heterocycles. The highest BCUT2D eigenvalue weighted by atomic mass is 32.1. The number of aryl methyl sites for hydroxylation is 1. The summed E-state index contributed by atoms with van der Waals surface area (Å²) >= 11 is 1.91. The third-order valence-corrected chi connectivity index (χ3v) is 5.54. The molecule has 0 saturated carbocycles. The molecule has 1 fully saturated rings. The summed E-state index contributed by atoms with van der Waals surface area (Å²) in [7, 11) is 0. The van der Waals surface area contributed by atoms with E-state index in [2.05, 4.69) is 37.4 Å². The van der Waals surface area contributed by atoms with Crippen molar-refractivity contribution in [3.8, 4) is 0 Å². The summed E-state index contributed by atoms with van der Waals surface area (Å²) in [5.74, 6) is 0. The molecule has 19 heavy (non-hydrogen) atoms. The first-order chi connectivity index (χ1) is 9.25. The van der Waals surface area contributed by atoms with Gasteiger partial charge in [0.25, 0.3) is 0 Å². The molecule has 0 aliphatic carbocycles. The average Bonchev–Trinajstić information content (AvgIpc) is 2.86. The van der Waals surface area contributed by atoms with E-state index in [1.807, 2.05) is 11.3 Å². The Balaban J connectivity index is 2.07. The lowest BCUT2D eigenvalue weighted by molar-refractivity contribution is 0.290. The summed E-state index contributed by atoms with van der Waals surface area (Å²) in [6.07, 6.45) is 5.04. The van der Waals surface area contributed by atoms with Crippen LogP contribution in [0.2, 0.25) is 0 Å². The monoisotopic (exact) mass is 274 g/mol. The molecule has 2 aromatic rings. The second-order valence-electron chi connectivity index (χ2n) is 5.75. The van der Waals surface area contributed by atoms with Crippen LogP contribution in [0, 0.1) is 6.92 Å². The number of hydrogen-bond donors (Lipinski definition) is 1. The van der Waals surface area contributed by atoms with Gasteiger partial charge in [-0.3, -0.25) is 0 Å². The summed E-state index contributed by atoms with van der Waals surface area (Å²) in [6.45, 7) is 6.71. The van der Waals surface area contributed by atoms with Gasteiger partial charge in [-0.25, -0.2) is 4.98 Å². The van der Waals surface area contributed by atoms with Crippen molar-refractivity contribution >= 4 is 21.6 Å². The number of nitrogens with one attached hydrogen (secondary N) is 1. The van der Waals surface area contributed by atoms with Gasteiger partial charge in [0.2, 0.25) is 0 Å². The lowest BCUT2D eigenvalue weighted by Crippen LogP contribution is -2.43. The number of nitrogens with zero attached hydrogens (tertiary/aromatic N) is 1. The van der Waals surface area contributed by atoms with Crippen LogP contribution in [0.15, 0.2) is 18.2 Å². The second-order valence-corrected chi connectivity index (χ2v) is 6.78. The smallest absolute Gasteiger partial charge is 0.101 e. The fraction of sp³-hybridized carbons (Fsp3) is 0.562. The number of hydrogen-bond acceptors (Lipinski definition) is 3. The van der Waals surface area contributed by atoms with Gasteiger partial charge in [-0.2, -0.15) is 0 Å². The Bertz CT molecular complexity index is 562. The topological polar surface area (TPSA) is 24.9 Å². The minimum Gasteiger partial charge on any atom is -0.316 e. The highest BCUT2D eigenvalue weighted by Gasteiger charge is 2.36. The molecule has 0 bridgehead atoms. The molecule has 0 radical (unpaired) electrons. The van der Waals surface area contributed by atoms with Gasteiger partial charge in [-0.05, 0) is 44.4 Å². The van der Waals surface area contributed by atoms with Crippen molar-refractivity contribution in [2.24, 2.45) is 0 Å². The lowest BCUT2D eigenvalue weighted by Gasteiger charge is -2.35. The summed E-state index contributed by atoms with van der Waals surface area (Å²) in [4.78, 5) is 5.01. The van der Waals surface area contributed by atoms with Crippen LogP contribution in [0.3, 0.4) is 0 Å².